The Labute approximate surface area is 343 Å². The highest BCUT2D eigenvalue weighted by Crippen LogP contribution is 2.55. The number of carbonyl (C=O) groups excluding carboxylic acids is 3. The van der Waals surface area contributed by atoms with Gasteiger partial charge in [0.2, 0.25) is 5.56 Å². The van der Waals surface area contributed by atoms with Gasteiger partial charge in [-0.1, -0.05) is 39.3 Å². The van der Waals surface area contributed by atoms with Gasteiger partial charge in [-0.05, 0) is 79.4 Å². The number of hydrogen-bond acceptors (Lipinski definition) is 9. The third-order valence-electron chi connectivity index (χ3n) is 12.7. The summed E-state index contributed by atoms with van der Waals surface area (Å²) in [5.41, 5.74) is 3.20. The average Bonchev–Trinajstić information content (AvgIpc) is 3.47. The molecule has 3 aromatic carbocycles. The van der Waals surface area contributed by atoms with Crippen LogP contribution in [0.4, 0.5) is 17.1 Å². The zero-order valence-electron chi connectivity index (χ0n) is 33.3. The number of pyridine rings is 1. The molecule has 0 atom stereocenters. The molecule has 3 amide bonds. The Kier molecular flexibility index (Phi) is 10.3. The van der Waals surface area contributed by atoms with Crippen LogP contribution < -0.4 is 30.3 Å². The van der Waals surface area contributed by atoms with Gasteiger partial charge in [0.1, 0.15) is 17.9 Å². The molecule has 4 aromatic rings. The quantitative estimate of drug-likeness (QED) is 0.185. The van der Waals surface area contributed by atoms with Crippen molar-refractivity contribution in [2.75, 3.05) is 60.5 Å². The number of nitriles is 1. The van der Waals surface area contributed by atoms with Crippen molar-refractivity contribution in [2.24, 2.45) is 16.7 Å². The van der Waals surface area contributed by atoms with Crippen LogP contribution in [-0.2, 0) is 0 Å². The molecule has 8 rings (SSSR count). The predicted octanol–water partition coefficient (Wildman–Crippen LogP) is 6.35. The van der Waals surface area contributed by atoms with Crippen LogP contribution in [0, 0.1) is 28.1 Å². The van der Waals surface area contributed by atoms with Crippen molar-refractivity contribution in [1.29, 1.82) is 5.26 Å². The maximum Gasteiger partial charge on any atom is 0.266 e. The molecule has 1 saturated carbocycles. The zero-order valence-corrected chi connectivity index (χ0v) is 34.0. The molecule has 12 nitrogen and oxygen atoms in total. The second-order valence-electron chi connectivity index (χ2n) is 17.2. The minimum absolute atomic E-state index is 0.106. The van der Waals surface area contributed by atoms with Crippen LogP contribution in [0.3, 0.4) is 0 Å². The Balaban J connectivity index is 0.794. The van der Waals surface area contributed by atoms with E-state index in [1.807, 2.05) is 24.3 Å². The number of halogens is 1. The van der Waals surface area contributed by atoms with Gasteiger partial charge in [0.05, 0.1) is 27.4 Å². The summed E-state index contributed by atoms with van der Waals surface area (Å²) in [6.07, 6.45) is 3.40. The lowest BCUT2D eigenvalue weighted by Crippen LogP contribution is -2.74. The van der Waals surface area contributed by atoms with Crippen LogP contribution in [0.2, 0.25) is 5.02 Å². The smallest absolute Gasteiger partial charge is 0.266 e. The van der Waals surface area contributed by atoms with E-state index in [1.54, 1.807) is 24.3 Å². The highest BCUT2D eigenvalue weighted by Gasteiger charge is 2.64. The number of anilines is 3. The van der Waals surface area contributed by atoms with E-state index >= 15 is 0 Å². The van der Waals surface area contributed by atoms with Gasteiger partial charge in [-0.15, -0.1) is 0 Å². The van der Waals surface area contributed by atoms with E-state index in [1.165, 1.54) is 18.3 Å². The number of piperazine rings is 1. The third kappa shape index (κ3) is 7.22. The summed E-state index contributed by atoms with van der Waals surface area (Å²) in [4.78, 5) is 62.2. The Morgan fingerprint density at radius 1 is 0.810 bits per heavy atom. The number of aromatic nitrogens is 1. The molecule has 1 aromatic heterocycles. The normalized spacial score (nSPS) is 21.6. The SMILES string of the molecule is CC1(C)[C@H](NC(=O)c2ccc(N3CCC(CN4CCN(c5ccc6c(c5)C(=O)N(c5ccc(=O)[nH]c5)C6=O)CC4)CC3)cc2)C(C)(C)[C@H]1Oc1ccc(C#N)c(Cl)c1. The van der Waals surface area contributed by atoms with Crippen molar-refractivity contribution in [1.82, 2.24) is 15.2 Å². The number of amides is 3. The van der Waals surface area contributed by atoms with Crippen molar-refractivity contribution in [3.05, 3.63) is 117 Å². The molecule has 0 radical (unpaired) electrons. The number of imide groups is 1. The molecule has 2 saturated heterocycles. The fraction of sp³-hybridized carbons (Fsp3) is 0.400. The van der Waals surface area contributed by atoms with Gasteiger partial charge in [0, 0.05) is 98.0 Å². The fourth-order valence-electron chi connectivity index (χ4n) is 9.76. The minimum Gasteiger partial charge on any atom is -0.489 e. The molecule has 13 heteroatoms. The minimum atomic E-state index is -0.387. The lowest BCUT2D eigenvalue weighted by Gasteiger charge is -2.63. The van der Waals surface area contributed by atoms with E-state index in [-0.39, 0.29) is 46.3 Å². The molecule has 4 heterocycles. The van der Waals surface area contributed by atoms with E-state index in [0.717, 1.165) is 74.9 Å². The maximum atomic E-state index is 13.5. The average molecular weight is 802 g/mol. The summed E-state index contributed by atoms with van der Waals surface area (Å²) in [6, 6.07) is 23.3. The molecule has 2 N–H and O–H groups in total. The summed E-state index contributed by atoms with van der Waals surface area (Å²) in [5, 5.41) is 12.9. The van der Waals surface area contributed by atoms with Crippen molar-refractivity contribution in [3.8, 4) is 11.8 Å². The number of fused-ring (bicyclic) bond motifs is 1. The van der Waals surface area contributed by atoms with E-state index < -0.39 is 0 Å². The second-order valence-corrected chi connectivity index (χ2v) is 17.6. The van der Waals surface area contributed by atoms with Gasteiger partial charge in [-0.3, -0.25) is 24.1 Å². The van der Waals surface area contributed by atoms with Crippen LogP contribution in [0.5, 0.6) is 5.75 Å². The highest BCUT2D eigenvalue weighted by molar-refractivity contribution is 6.34. The molecule has 3 aliphatic heterocycles. The largest absolute Gasteiger partial charge is 0.489 e. The van der Waals surface area contributed by atoms with E-state index in [2.05, 4.69) is 70.9 Å². The van der Waals surface area contributed by atoms with Crippen molar-refractivity contribution >= 4 is 46.4 Å². The van der Waals surface area contributed by atoms with Gasteiger partial charge in [-0.2, -0.15) is 5.26 Å². The Morgan fingerprint density at radius 2 is 1.45 bits per heavy atom. The number of hydrogen-bond donors (Lipinski definition) is 2. The summed E-state index contributed by atoms with van der Waals surface area (Å²) in [6.45, 7) is 14.9. The van der Waals surface area contributed by atoms with Crippen LogP contribution in [0.1, 0.15) is 77.2 Å². The lowest BCUT2D eigenvalue weighted by molar-refractivity contribution is -0.164. The first kappa shape index (κ1) is 39.2. The number of aromatic amines is 1. The maximum absolute atomic E-state index is 13.5. The summed E-state index contributed by atoms with van der Waals surface area (Å²) >= 11 is 6.25. The van der Waals surface area contributed by atoms with Gasteiger partial charge in [-0.25, -0.2) is 4.90 Å². The molecule has 0 spiro atoms. The van der Waals surface area contributed by atoms with Gasteiger partial charge < -0.3 is 24.8 Å². The van der Waals surface area contributed by atoms with E-state index in [4.69, 9.17) is 16.3 Å². The Bertz CT molecular complexity index is 2320. The predicted molar refractivity (Wildman–Crippen MR) is 224 cm³/mol. The standard InChI is InChI=1S/C45H48ClN7O5/c1-44(2)42(45(3,4)43(44)58-34-12-7-30(25-47)37(46)24-34)49-39(55)29-5-8-31(9-6-29)51-17-15-28(16-18-51)27-50-19-21-52(22-20-50)32-10-13-35-36(23-32)41(57)53(40(35)56)33-11-14-38(54)48-26-33/h5-14,23-24,26,28,42-43H,15-22,27H2,1-4H3,(H,48,54)(H,49,55)/t42-,43-. The van der Waals surface area contributed by atoms with Crippen LogP contribution >= 0.6 is 11.6 Å². The molecule has 4 aliphatic rings. The number of H-pyrrole nitrogens is 1. The highest BCUT2D eigenvalue weighted by atomic mass is 35.5. The molecular formula is C45H48ClN7O5. The van der Waals surface area contributed by atoms with Crippen LogP contribution in [-0.4, -0.2) is 85.6 Å². The lowest BCUT2D eigenvalue weighted by atomic mass is 9.49. The van der Waals surface area contributed by atoms with Crippen molar-refractivity contribution < 1.29 is 19.1 Å². The summed E-state index contributed by atoms with van der Waals surface area (Å²) in [5.74, 6) is 0.330. The summed E-state index contributed by atoms with van der Waals surface area (Å²) < 4.78 is 6.39. The molecule has 58 heavy (non-hydrogen) atoms. The molecule has 0 unspecified atom stereocenters. The number of ether oxygens (including phenoxy) is 1. The number of nitrogens with one attached hydrogen (secondary N) is 2. The third-order valence-corrected chi connectivity index (χ3v) is 13.0. The molecular weight excluding hydrogens is 754 g/mol. The summed E-state index contributed by atoms with van der Waals surface area (Å²) in [7, 11) is 0. The first-order valence-electron chi connectivity index (χ1n) is 20.0. The number of rotatable bonds is 9. The van der Waals surface area contributed by atoms with Gasteiger partial charge >= 0.3 is 0 Å². The topological polar surface area (TPSA) is 142 Å². The first-order valence-corrected chi connectivity index (χ1v) is 20.3. The zero-order chi connectivity index (χ0) is 40.9. The van der Waals surface area contributed by atoms with Crippen molar-refractivity contribution in [3.63, 3.8) is 0 Å². The molecule has 1 aliphatic carbocycles. The molecule has 300 valence electrons. The Hall–Kier alpha value is -5.64. The van der Waals surface area contributed by atoms with E-state index in [0.29, 0.717) is 44.6 Å². The number of benzene rings is 3. The molecule has 0 bridgehead atoms. The monoisotopic (exact) mass is 801 g/mol. The number of nitrogens with zero attached hydrogens (tertiary/aromatic N) is 5. The van der Waals surface area contributed by atoms with Gasteiger partial charge in [0.25, 0.3) is 17.7 Å². The number of carbonyl (C=O) groups is 3. The second kappa shape index (κ2) is 15.3. The Morgan fingerprint density at radius 3 is 2.09 bits per heavy atom. The fourth-order valence-corrected chi connectivity index (χ4v) is 9.98. The van der Waals surface area contributed by atoms with Crippen LogP contribution in [0.15, 0.2) is 83.8 Å². The first-order chi connectivity index (χ1) is 27.7. The molecule has 3 fully saturated rings. The van der Waals surface area contributed by atoms with Gasteiger partial charge in [0.15, 0.2) is 0 Å². The van der Waals surface area contributed by atoms with E-state index in [9.17, 15) is 24.4 Å². The van der Waals surface area contributed by atoms with Crippen molar-refractivity contribution in [2.45, 2.75) is 52.7 Å². The van der Waals surface area contributed by atoms with Crippen LogP contribution in [0.25, 0.3) is 0 Å². The number of piperidine rings is 1.